The summed E-state index contributed by atoms with van der Waals surface area (Å²) in [4.78, 5) is 0. The Bertz CT molecular complexity index is 198. The molecule has 0 aliphatic heterocycles. The van der Waals surface area contributed by atoms with Gasteiger partial charge in [-0.15, -0.1) is 0 Å². The Morgan fingerprint density at radius 1 is 1.20 bits per heavy atom. The molecular weight excluding hydrogens is 184 g/mol. The Balaban J connectivity index is 2.58. The molecule has 90 valence electrons. The molecule has 4 atom stereocenters. The van der Waals surface area contributed by atoms with Gasteiger partial charge in [0.05, 0.1) is 6.10 Å². The highest BCUT2D eigenvalue weighted by Gasteiger charge is 2.36. The van der Waals surface area contributed by atoms with E-state index in [9.17, 15) is 5.11 Å². The summed E-state index contributed by atoms with van der Waals surface area (Å²) in [5, 5.41) is 10.4. The lowest BCUT2D eigenvalue weighted by Crippen LogP contribution is -2.39. The highest BCUT2D eigenvalue weighted by atomic mass is 16.3. The number of rotatable bonds is 3. The second-order valence-electron chi connectivity index (χ2n) is 6.31. The zero-order valence-electron chi connectivity index (χ0n) is 11.1. The third-order valence-corrected chi connectivity index (χ3v) is 4.80. The molecule has 0 amide bonds. The van der Waals surface area contributed by atoms with E-state index in [0.717, 1.165) is 18.3 Å². The summed E-state index contributed by atoms with van der Waals surface area (Å²) in [6.07, 6.45) is 4.68. The van der Waals surface area contributed by atoms with Gasteiger partial charge in [-0.25, -0.2) is 0 Å². The lowest BCUT2D eigenvalue weighted by Gasteiger charge is -2.40. The van der Waals surface area contributed by atoms with Crippen LogP contribution in [0.15, 0.2) is 0 Å². The first-order valence-corrected chi connectivity index (χ1v) is 6.56. The molecule has 1 saturated carbocycles. The van der Waals surface area contributed by atoms with E-state index in [0.29, 0.717) is 5.92 Å². The van der Waals surface area contributed by atoms with Crippen molar-refractivity contribution in [1.29, 1.82) is 0 Å². The summed E-state index contributed by atoms with van der Waals surface area (Å²) >= 11 is 0. The summed E-state index contributed by atoms with van der Waals surface area (Å²) in [6.45, 7) is 11.2. The number of hydrogen-bond donors (Lipinski definition) is 1. The molecule has 4 unspecified atom stereocenters. The van der Waals surface area contributed by atoms with Gasteiger partial charge in [0.1, 0.15) is 0 Å². The van der Waals surface area contributed by atoms with Gasteiger partial charge in [0.2, 0.25) is 0 Å². The van der Waals surface area contributed by atoms with E-state index < -0.39 is 0 Å². The summed E-state index contributed by atoms with van der Waals surface area (Å²) < 4.78 is 0. The van der Waals surface area contributed by atoms with Crippen LogP contribution in [0.3, 0.4) is 0 Å². The monoisotopic (exact) mass is 212 g/mol. The lowest BCUT2D eigenvalue weighted by molar-refractivity contribution is -0.0270. The van der Waals surface area contributed by atoms with E-state index in [1.165, 1.54) is 19.3 Å². The Labute approximate surface area is 95.3 Å². The fraction of sp³-hybridized carbons (Fsp3) is 1.00. The van der Waals surface area contributed by atoms with Crippen molar-refractivity contribution in [3.05, 3.63) is 0 Å². The maximum absolute atomic E-state index is 10.4. The van der Waals surface area contributed by atoms with E-state index >= 15 is 0 Å². The standard InChI is InChI=1S/C14H28O/c1-6-14(4,5)13(15)12-8-7-10(2)11(3)9-12/h10-13,15H,6-9H2,1-5H3. The minimum atomic E-state index is -0.113. The van der Waals surface area contributed by atoms with Crippen molar-refractivity contribution < 1.29 is 5.11 Å². The Morgan fingerprint density at radius 2 is 1.80 bits per heavy atom. The van der Waals surface area contributed by atoms with Gasteiger partial charge in [0.25, 0.3) is 0 Å². The third-order valence-electron chi connectivity index (χ3n) is 4.80. The average molecular weight is 212 g/mol. The van der Waals surface area contributed by atoms with E-state index in [4.69, 9.17) is 0 Å². The zero-order chi connectivity index (χ0) is 11.6. The average Bonchev–Trinajstić information content (AvgIpc) is 2.21. The molecule has 0 saturated heterocycles. The van der Waals surface area contributed by atoms with Crippen LogP contribution in [-0.4, -0.2) is 11.2 Å². The molecule has 1 aliphatic carbocycles. The zero-order valence-corrected chi connectivity index (χ0v) is 11.1. The largest absolute Gasteiger partial charge is 0.392 e. The quantitative estimate of drug-likeness (QED) is 0.753. The van der Waals surface area contributed by atoms with Crippen molar-refractivity contribution in [2.45, 2.75) is 66.4 Å². The summed E-state index contributed by atoms with van der Waals surface area (Å²) in [7, 11) is 0. The Kier molecular flexibility index (Phi) is 4.22. The first-order chi connectivity index (χ1) is 6.88. The maximum atomic E-state index is 10.4. The van der Waals surface area contributed by atoms with Gasteiger partial charge in [-0.2, -0.15) is 0 Å². The number of aliphatic hydroxyl groups excluding tert-OH is 1. The van der Waals surface area contributed by atoms with Gasteiger partial charge in [0.15, 0.2) is 0 Å². The summed E-state index contributed by atoms with van der Waals surface area (Å²) in [6, 6.07) is 0. The van der Waals surface area contributed by atoms with E-state index in [2.05, 4.69) is 34.6 Å². The molecule has 1 heteroatoms. The van der Waals surface area contributed by atoms with Crippen LogP contribution in [0.5, 0.6) is 0 Å². The molecule has 1 nitrogen and oxygen atoms in total. The first kappa shape index (κ1) is 13.0. The van der Waals surface area contributed by atoms with Crippen molar-refractivity contribution in [3.63, 3.8) is 0 Å². The SMILES string of the molecule is CCC(C)(C)C(O)C1CCC(C)C(C)C1. The second-order valence-corrected chi connectivity index (χ2v) is 6.31. The second kappa shape index (κ2) is 4.86. The van der Waals surface area contributed by atoms with Crippen LogP contribution < -0.4 is 0 Å². The molecule has 1 fully saturated rings. The molecule has 15 heavy (non-hydrogen) atoms. The molecule has 0 aromatic rings. The van der Waals surface area contributed by atoms with Gasteiger partial charge >= 0.3 is 0 Å². The normalized spacial score (nSPS) is 35.2. The minimum absolute atomic E-state index is 0.0883. The van der Waals surface area contributed by atoms with Crippen LogP contribution >= 0.6 is 0 Å². The molecule has 0 aromatic carbocycles. The van der Waals surface area contributed by atoms with Crippen LogP contribution in [-0.2, 0) is 0 Å². The van der Waals surface area contributed by atoms with Crippen LogP contribution in [0.1, 0.15) is 60.3 Å². The van der Waals surface area contributed by atoms with Crippen molar-refractivity contribution in [3.8, 4) is 0 Å². The first-order valence-electron chi connectivity index (χ1n) is 6.56. The van der Waals surface area contributed by atoms with Crippen LogP contribution in [0.4, 0.5) is 0 Å². The predicted molar refractivity (Wildman–Crippen MR) is 65.7 cm³/mol. The predicted octanol–water partition coefficient (Wildman–Crippen LogP) is 3.86. The molecule has 0 spiro atoms. The lowest BCUT2D eigenvalue weighted by atomic mass is 9.68. The molecular formula is C14H28O. The molecule has 0 aromatic heterocycles. The number of hydrogen-bond acceptors (Lipinski definition) is 1. The molecule has 0 heterocycles. The third kappa shape index (κ3) is 2.96. The van der Waals surface area contributed by atoms with Crippen molar-refractivity contribution in [1.82, 2.24) is 0 Å². The molecule has 1 N–H and O–H groups in total. The van der Waals surface area contributed by atoms with E-state index in [1.807, 2.05) is 0 Å². The highest BCUT2D eigenvalue weighted by Crippen LogP contribution is 2.40. The highest BCUT2D eigenvalue weighted by molar-refractivity contribution is 4.86. The Morgan fingerprint density at radius 3 is 2.27 bits per heavy atom. The fourth-order valence-electron chi connectivity index (χ4n) is 2.72. The smallest absolute Gasteiger partial charge is 0.0619 e. The maximum Gasteiger partial charge on any atom is 0.0619 e. The van der Waals surface area contributed by atoms with Crippen LogP contribution in [0.25, 0.3) is 0 Å². The summed E-state index contributed by atoms with van der Waals surface area (Å²) in [5.74, 6) is 2.16. The van der Waals surface area contributed by atoms with Gasteiger partial charge in [-0.3, -0.25) is 0 Å². The minimum Gasteiger partial charge on any atom is -0.392 e. The van der Waals surface area contributed by atoms with Gasteiger partial charge in [-0.05, 0) is 42.4 Å². The van der Waals surface area contributed by atoms with Crippen molar-refractivity contribution in [2.24, 2.45) is 23.2 Å². The van der Waals surface area contributed by atoms with E-state index in [-0.39, 0.29) is 11.5 Å². The summed E-state index contributed by atoms with van der Waals surface area (Å²) in [5.41, 5.74) is 0.0883. The van der Waals surface area contributed by atoms with Gasteiger partial charge in [0, 0.05) is 0 Å². The van der Waals surface area contributed by atoms with Gasteiger partial charge in [-0.1, -0.05) is 41.0 Å². The molecule has 0 radical (unpaired) electrons. The molecule has 1 aliphatic rings. The Hall–Kier alpha value is -0.0400. The van der Waals surface area contributed by atoms with E-state index in [1.54, 1.807) is 0 Å². The molecule has 0 bridgehead atoms. The van der Waals surface area contributed by atoms with Crippen LogP contribution in [0, 0.1) is 23.2 Å². The van der Waals surface area contributed by atoms with Crippen LogP contribution in [0.2, 0.25) is 0 Å². The number of aliphatic hydroxyl groups is 1. The van der Waals surface area contributed by atoms with Crippen molar-refractivity contribution >= 4 is 0 Å². The van der Waals surface area contributed by atoms with Crippen molar-refractivity contribution in [2.75, 3.05) is 0 Å². The van der Waals surface area contributed by atoms with Gasteiger partial charge < -0.3 is 5.11 Å². The fourth-order valence-corrected chi connectivity index (χ4v) is 2.72. The topological polar surface area (TPSA) is 20.2 Å². The molecule has 1 rings (SSSR count).